The highest BCUT2D eigenvalue weighted by Gasteiger charge is 2.18. The van der Waals surface area contributed by atoms with Crippen molar-refractivity contribution in [1.82, 2.24) is 0 Å². The standard InChI is InChI=1S/C43H25NS2/c44-26-38-31(27-11-2-1-3-12-27)15-8-16-32(38)28-23-29(33-17-10-22-41-42(33)37-14-5-7-21-40(37)45-41)25-30(24-28)34-18-9-19-36-35-13-4-6-20-39(35)46-43(34)36/h1-25H. The van der Waals surface area contributed by atoms with Crippen LogP contribution >= 0.6 is 22.7 Å². The quantitative estimate of drug-likeness (QED) is 0.192. The average molecular weight is 620 g/mol. The Morgan fingerprint density at radius 2 is 0.913 bits per heavy atom. The zero-order chi connectivity index (χ0) is 30.6. The summed E-state index contributed by atoms with van der Waals surface area (Å²) in [5, 5.41) is 15.7. The molecule has 214 valence electrons. The monoisotopic (exact) mass is 619 g/mol. The second-order valence-electron chi connectivity index (χ2n) is 11.6. The topological polar surface area (TPSA) is 23.8 Å². The van der Waals surface area contributed by atoms with E-state index in [-0.39, 0.29) is 0 Å². The predicted octanol–water partition coefficient (Wildman–Crippen LogP) is 13.0. The number of nitrogens with zero attached hydrogens (tertiary/aromatic N) is 1. The van der Waals surface area contributed by atoms with E-state index in [0.29, 0.717) is 5.56 Å². The van der Waals surface area contributed by atoms with Crippen molar-refractivity contribution in [3.8, 4) is 50.6 Å². The Kier molecular flexibility index (Phi) is 6.31. The predicted molar refractivity (Wildman–Crippen MR) is 199 cm³/mol. The van der Waals surface area contributed by atoms with Gasteiger partial charge in [-0.3, -0.25) is 0 Å². The van der Waals surface area contributed by atoms with Crippen LogP contribution in [0.2, 0.25) is 0 Å². The third kappa shape index (κ3) is 4.27. The van der Waals surface area contributed by atoms with Crippen molar-refractivity contribution in [3.63, 3.8) is 0 Å². The van der Waals surface area contributed by atoms with Gasteiger partial charge in [-0.1, -0.05) is 115 Å². The first kappa shape index (κ1) is 26.8. The normalized spacial score (nSPS) is 11.5. The maximum Gasteiger partial charge on any atom is 0.100 e. The number of rotatable bonds is 4. The molecule has 0 saturated heterocycles. The molecule has 0 radical (unpaired) electrons. The second-order valence-corrected chi connectivity index (χ2v) is 13.7. The Balaban J connectivity index is 1.36. The third-order valence-electron chi connectivity index (χ3n) is 8.93. The molecular formula is C43H25NS2. The van der Waals surface area contributed by atoms with E-state index in [1.54, 1.807) is 0 Å². The van der Waals surface area contributed by atoms with Gasteiger partial charge in [0.1, 0.15) is 6.07 Å². The third-order valence-corrected chi connectivity index (χ3v) is 11.3. The maximum atomic E-state index is 10.6. The molecule has 46 heavy (non-hydrogen) atoms. The minimum absolute atomic E-state index is 0.691. The number of hydrogen-bond acceptors (Lipinski definition) is 3. The molecule has 9 rings (SSSR count). The summed E-state index contributed by atoms with van der Waals surface area (Å²) >= 11 is 3.69. The zero-order valence-corrected chi connectivity index (χ0v) is 26.3. The van der Waals surface area contributed by atoms with Crippen LogP contribution in [0.4, 0.5) is 0 Å². The van der Waals surface area contributed by atoms with E-state index in [9.17, 15) is 5.26 Å². The molecule has 0 unspecified atom stereocenters. The Labute approximate surface area is 274 Å². The fraction of sp³-hybridized carbons (Fsp3) is 0. The lowest BCUT2D eigenvalue weighted by Crippen LogP contribution is -1.92. The van der Waals surface area contributed by atoms with E-state index in [0.717, 1.165) is 33.4 Å². The van der Waals surface area contributed by atoms with Gasteiger partial charge in [0.2, 0.25) is 0 Å². The molecule has 9 aromatic rings. The Morgan fingerprint density at radius 3 is 1.70 bits per heavy atom. The average Bonchev–Trinajstić information content (AvgIpc) is 3.70. The molecule has 0 fully saturated rings. The van der Waals surface area contributed by atoms with Crippen LogP contribution in [0.3, 0.4) is 0 Å². The van der Waals surface area contributed by atoms with E-state index in [1.165, 1.54) is 51.5 Å². The van der Waals surface area contributed by atoms with Crippen molar-refractivity contribution < 1.29 is 0 Å². The molecule has 2 aromatic heterocycles. The largest absolute Gasteiger partial charge is 0.192 e. The van der Waals surface area contributed by atoms with E-state index in [4.69, 9.17) is 0 Å². The maximum absolute atomic E-state index is 10.6. The molecule has 0 N–H and O–H groups in total. The minimum Gasteiger partial charge on any atom is -0.192 e. The van der Waals surface area contributed by atoms with Gasteiger partial charge in [-0.05, 0) is 69.8 Å². The summed E-state index contributed by atoms with van der Waals surface area (Å²) in [5.41, 5.74) is 9.38. The van der Waals surface area contributed by atoms with Gasteiger partial charge >= 0.3 is 0 Å². The summed E-state index contributed by atoms with van der Waals surface area (Å²) < 4.78 is 5.14. The Morgan fingerprint density at radius 1 is 0.391 bits per heavy atom. The molecule has 0 aliphatic rings. The SMILES string of the molecule is N#Cc1c(-c2ccccc2)cccc1-c1cc(-c2cccc3c2sc2ccccc23)cc(-c2cccc3sc4ccccc4c23)c1. The van der Waals surface area contributed by atoms with Gasteiger partial charge in [-0.2, -0.15) is 5.26 Å². The summed E-state index contributed by atoms with van der Waals surface area (Å²) in [5.74, 6) is 0. The Hall–Kier alpha value is -5.53. The van der Waals surface area contributed by atoms with Crippen LogP contribution in [0.25, 0.3) is 84.9 Å². The lowest BCUT2D eigenvalue weighted by atomic mass is 9.88. The summed E-state index contributed by atoms with van der Waals surface area (Å²) in [7, 11) is 0. The van der Waals surface area contributed by atoms with Crippen LogP contribution in [0, 0.1) is 11.3 Å². The number of thiophene rings is 2. The van der Waals surface area contributed by atoms with E-state index >= 15 is 0 Å². The van der Waals surface area contributed by atoms with Crippen molar-refractivity contribution >= 4 is 63.0 Å². The van der Waals surface area contributed by atoms with Crippen LogP contribution in [0.1, 0.15) is 5.56 Å². The molecule has 0 aliphatic heterocycles. The molecule has 1 nitrogen and oxygen atoms in total. The Bertz CT molecular complexity index is 2650. The van der Waals surface area contributed by atoms with E-state index in [1.807, 2.05) is 40.9 Å². The van der Waals surface area contributed by atoms with Crippen molar-refractivity contribution in [1.29, 1.82) is 5.26 Å². The molecule has 0 saturated carbocycles. The van der Waals surface area contributed by atoms with Crippen LogP contribution in [0.15, 0.2) is 152 Å². The van der Waals surface area contributed by atoms with Gasteiger partial charge in [0.25, 0.3) is 0 Å². The number of nitriles is 1. The number of fused-ring (bicyclic) bond motifs is 6. The highest BCUT2D eigenvalue weighted by Crippen LogP contribution is 2.45. The van der Waals surface area contributed by atoms with Crippen LogP contribution in [0.5, 0.6) is 0 Å². The molecule has 0 amide bonds. The second kappa shape index (κ2) is 10.8. The summed E-state index contributed by atoms with van der Waals surface area (Å²) in [6, 6.07) is 56.6. The molecule has 0 bridgehead atoms. The fourth-order valence-corrected chi connectivity index (χ4v) is 9.23. The van der Waals surface area contributed by atoms with Gasteiger partial charge in [0, 0.05) is 51.5 Å². The van der Waals surface area contributed by atoms with Crippen molar-refractivity contribution in [2.24, 2.45) is 0 Å². The zero-order valence-electron chi connectivity index (χ0n) is 24.7. The summed E-state index contributed by atoms with van der Waals surface area (Å²) in [6.45, 7) is 0. The molecule has 3 heteroatoms. The lowest BCUT2D eigenvalue weighted by Gasteiger charge is -2.15. The van der Waals surface area contributed by atoms with Gasteiger partial charge < -0.3 is 0 Å². The molecule has 2 heterocycles. The number of hydrogen-bond donors (Lipinski definition) is 0. The van der Waals surface area contributed by atoms with E-state index in [2.05, 4.69) is 140 Å². The van der Waals surface area contributed by atoms with Crippen molar-refractivity contribution in [3.05, 3.63) is 157 Å². The molecule has 0 atom stereocenters. The highest BCUT2D eigenvalue weighted by atomic mass is 32.1. The fourth-order valence-electron chi connectivity index (χ4n) is 6.86. The molecule has 0 aliphatic carbocycles. The number of benzene rings is 7. The lowest BCUT2D eigenvalue weighted by molar-refractivity contribution is 1.47. The molecular weight excluding hydrogens is 595 g/mol. The van der Waals surface area contributed by atoms with Gasteiger partial charge in [0.15, 0.2) is 0 Å². The van der Waals surface area contributed by atoms with Crippen LogP contribution in [-0.4, -0.2) is 0 Å². The van der Waals surface area contributed by atoms with Gasteiger partial charge in [-0.15, -0.1) is 22.7 Å². The van der Waals surface area contributed by atoms with Crippen LogP contribution < -0.4 is 0 Å². The van der Waals surface area contributed by atoms with Gasteiger partial charge in [-0.25, -0.2) is 0 Å². The van der Waals surface area contributed by atoms with Crippen molar-refractivity contribution in [2.45, 2.75) is 0 Å². The first-order valence-electron chi connectivity index (χ1n) is 15.3. The summed E-state index contributed by atoms with van der Waals surface area (Å²) in [6.07, 6.45) is 0. The summed E-state index contributed by atoms with van der Waals surface area (Å²) in [4.78, 5) is 0. The smallest absolute Gasteiger partial charge is 0.100 e. The highest BCUT2D eigenvalue weighted by molar-refractivity contribution is 7.26. The van der Waals surface area contributed by atoms with E-state index < -0.39 is 0 Å². The molecule has 7 aromatic carbocycles. The molecule has 0 spiro atoms. The minimum atomic E-state index is 0.691. The van der Waals surface area contributed by atoms with Crippen LogP contribution in [-0.2, 0) is 0 Å². The first-order valence-corrected chi connectivity index (χ1v) is 17.0. The first-order chi connectivity index (χ1) is 22.8. The van der Waals surface area contributed by atoms with Gasteiger partial charge in [0.05, 0.1) is 5.56 Å². The van der Waals surface area contributed by atoms with Crippen molar-refractivity contribution in [2.75, 3.05) is 0 Å².